The van der Waals surface area contributed by atoms with E-state index in [4.69, 9.17) is 4.74 Å². The number of nitrogens with one attached hydrogen (secondary N) is 1. The van der Waals surface area contributed by atoms with Gasteiger partial charge in [-0.1, -0.05) is 29.8 Å². The number of piperidine rings is 1. The fourth-order valence-electron chi connectivity index (χ4n) is 3.39. The fourth-order valence-corrected chi connectivity index (χ4v) is 3.39. The summed E-state index contributed by atoms with van der Waals surface area (Å²) < 4.78 is 5.47. The fraction of sp³-hybridized carbons (Fsp3) is 0.579. The van der Waals surface area contributed by atoms with Crippen molar-refractivity contribution in [1.82, 2.24) is 10.2 Å². The monoisotopic (exact) mass is 330 g/mol. The summed E-state index contributed by atoms with van der Waals surface area (Å²) in [5.74, 6) is 0.180. The zero-order valence-electron chi connectivity index (χ0n) is 14.3. The number of likely N-dealkylation sites (tertiary alicyclic amines) is 1. The number of benzene rings is 1. The zero-order chi connectivity index (χ0) is 16.9. The first kappa shape index (κ1) is 17.0. The number of amides is 2. The summed E-state index contributed by atoms with van der Waals surface area (Å²) in [6, 6.07) is 8.21. The van der Waals surface area contributed by atoms with Crippen LogP contribution in [0, 0.1) is 6.92 Å². The number of nitrogens with zero attached hydrogens (tertiary/aromatic N) is 1. The van der Waals surface area contributed by atoms with E-state index < -0.39 is 0 Å². The van der Waals surface area contributed by atoms with Gasteiger partial charge in [0.2, 0.25) is 5.91 Å². The van der Waals surface area contributed by atoms with Crippen LogP contribution in [0.3, 0.4) is 0 Å². The van der Waals surface area contributed by atoms with Crippen molar-refractivity contribution in [3.63, 3.8) is 0 Å². The number of hydrogen-bond donors (Lipinski definition) is 1. The second kappa shape index (κ2) is 7.79. The smallest absolute Gasteiger partial charge is 0.251 e. The molecule has 0 aliphatic carbocycles. The van der Waals surface area contributed by atoms with Crippen LogP contribution < -0.4 is 5.32 Å². The summed E-state index contributed by atoms with van der Waals surface area (Å²) in [7, 11) is 0. The van der Waals surface area contributed by atoms with Crippen molar-refractivity contribution in [2.24, 2.45) is 0 Å². The molecule has 0 aromatic heterocycles. The van der Waals surface area contributed by atoms with E-state index in [1.807, 2.05) is 36.1 Å². The Balaban J connectivity index is 1.42. The highest BCUT2D eigenvalue weighted by Crippen LogP contribution is 2.18. The van der Waals surface area contributed by atoms with Gasteiger partial charge < -0.3 is 15.0 Å². The predicted octanol–water partition coefficient (Wildman–Crippen LogP) is 1.82. The number of hydrogen-bond acceptors (Lipinski definition) is 3. The number of carbonyl (C=O) groups excluding carboxylic acids is 2. The minimum Gasteiger partial charge on any atom is -0.368 e. The second-order valence-corrected chi connectivity index (χ2v) is 6.83. The van der Waals surface area contributed by atoms with Crippen LogP contribution in [0.15, 0.2) is 24.3 Å². The van der Waals surface area contributed by atoms with Crippen molar-refractivity contribution < 1.29 is 14.3 Å². The second-order valence-electron chi connectivity index (χ2n) is 6.83. The molecule has 2 aliphatic rings. The van der Waals surface area contributed by atoms with Gasteiger partial charge in [-0.05, 0) is 38.2 Å². The number of aryl methyl sites for hydroxylation is 1. The molecule has 0 bridgehead atoms. The molecule has 2 fully saturated rings. The van der Waals surface area contributed by atoms with Crippen LogP contribution in [0.1, 0.15) is 36.8 Å². The van der Waals surface area contributed by atoms with Gasteiger partial charge in [-0.25, -0.2) is 0 Å². The van der Waals surface area contributed by atoms with Gasteiger partial charge in [0.1, 0.15) is 6.10 Å². The molecule has 5 heteroatoms. The summed E-state index contributed by atoms with van der Waals surface area (Å²) in [5, 5.41) is 3.10. The molecule has 1 aromatic rings. The highest BCUT2D eigenvalue weighted by molar-refractivity contribution is 5.81. The lowest BCUT2D eigenvalue weighted by atomic mass is 10.0. The summed E-state index contributed by atoms with van der Waals surface area (Å²) >= 11 is 0. The molecule has 130 valence electrons. The minimum atomic E-state index is -0.238. The van der Waals surface area contributed by atoms with E-state index in [1.165, 1.54) is 5.56 Å². The summed E-state index contributed by atoms with van der Waals surface area (Å²) in [6.45, 7) is 4.14. The molecule has 2 aliphatic heterocycles. The van der Waals surface area contributed by atoms with E-state index in [-0.39, 0.29) is 24.0 Å². The van der Waals surface area contributed by atoms with E-state index in [9.17, 15) is 9.59 Å². The van der Waals surface area contributed by atoms with E-state index in [0.717, 1.165) is 31.2 Å². The summed E-state index contributed by atoms with van der Waals surface area (Å²) in [5.41, 5.74) is 2.23. The average molecular weight is 330 g/mol. The van der Waals surface area contributed by atoms with Gasteiger partial charge >= 0.3 is 0 Å². The Labute approximate surface area is 143 Å². The predicted molar refractivity (Wildman–Crippen MR) is 91.6 cm³/mol. The molecule has 1 atom stereocenters. The standard InChI is InChI=1S/C19H26N2O3/c1-14-4-6-15(7-5-14)13-18(22)20-16-8-10-21(11-9-16)19(23)17-3-2-12-24-17/h4-7,16-17H,2-3,8-13H2,1H3,(H,20,22). The normalized spacial score (nSPS) is 21.7. The first-order chi connectivity index (χ1) is 11.6. The SMILES string of the molecule is Cc1ccc(CC(=O)NC2CCN(C(=O)C3CCCO3)CC2)cc1. The number of rotatable bonds is 4. The average Bonchev–Trinajstić information content (AvgIpc) is 3.11. The van der Waals surface area contributed by atoms with Gasteiger partial charge in [-0.3, -0.25) is 9.59 Å². The largest absolute Gasteiger partial charge is 0.368 e. The van der Waals surface area contributed by atoms with Gasteiger partial charge in [-0.15, -0.1) is 0 Å². The third-order valence-electron chi connectivity index (χ3n) is 4.86. The molecule has 1 N–H and O–H groups in total. The Hall–Kier alpha value is -1.88. The maximum atomic E-state index is 12.3. The van der Waals surface area contributed by atoms with Gasteiger partial charge in [0.15, 0.2) is 0 Å². The molecule has 1 aromatic carbocycles. The molecule has 0 saturated carbocycles. The van der Waals surface area contributed by atoms with Crippen LogP contribution in [-0.4, -0.2) is 48.6 Å². The summed E-state index contributed by atoms with van der Waals surface area (Å²) in [4.78, 5) is 26.4. The van der Waals surface area contributed by atoms with Gasteiger partial charge in [-0.2, -0.15) is 0 Å². The van der Waals surface area contributed by atoms with E-state index in [2.05, 4.69) is 5.32 Å². The highest BCUT2D eigenvalue weighted by atomic mass is 16.5. The Kier molecular flexibility index (Phi) is 5.51. The van der Waals surface area contributed by atoms with Crippen molar-refractivity contribution in [2.45, 2.75) is 51.2 Å². The Bertz CT molecular complexity index is 571. The quantitative estimate of drug-likeness (QED) is 0.916. The lowest BCUT2D eigenvalue weighted by Crippen LogP contribution is -2.49. The van der Waals surface area contributed by atoms with Crippen LogP contribution in [-0.2, 0) is 20.7 Å². The van der Waals surface area contributed by atoms with Crippen molar-refractivity contribution >= 4 is 11.8 Å². The van der Waals surface area contributed by atoms with E-state index >= 15 is 0 Å². The maximum absolute atomic E-state index is 12.3. The molecule has 0 spiro atoms. The van der Waals surface area contributed by atoms with Crippen molar-refractivity contribution in [3.8, 4) is 0 Å². The van der Waals surface area contributed by atoms with Gasteiger partial charge in [0.05, 0.1) is 6.42 Å². The molecule has 2 saturated heterocycles. The van der Waals surface area contributed by atoms with Crippen LogP contribution in [0.2, 0.25) is 0 Å². The number of ether oxygens (including phenoxy) is 1. The van der Waals surface area contributed by atoms with Crippen LogP contribution >= 0.6 is 0 Å². The number of carbonyl (C=O) groups is 2. The van der Waals surface area contributed by atoms with Crippen molar-refractivity contribution in [1.29, 1.82) is 0 Å². The van der Waals surface area contributed by atoms with Gasteiger partial charge in [0.25, 0.3) is 5.91 Å². The maximum Gasteiger partial charge on any atom is 0.251 e. The zero-order valence-corrected chi connectivity index (χ0v) is 14.3. The van der Waals surface area contributed by atoms with Crippen LogP contribution in [0.4, 0.5) is 0 Å². The topological polar surface area (TPSA) is 58.6 Å². The molecule has 0 radical (unpaired) electrons. The van der Waals surface area contributed by atoms with Crippen LogP contribution in [0.25, 0.3) is 0 Å². The third-order valence-corrected chi connectivity index (χ3v) is 4.86. The molecular weight excluding hydrogens is 304 g/mol. The van der Waals surface area contributed by atoms with Crippen molar-refractivity contribution in [3.05, 3.63) is 35.4 Å². The van der Waals surface area contributed by atoms with Gasteiger partial charge in [0, 0.05) is 25.7 Å². The molecular formula is C19H26N2O3. The third kappa shape index (κ3) is 4.35. The highest BCUT2D eigenvalue weighted by Gasteiger charge is 2.31. The Morgan fingerprint density at radius 1 is 1.17 bits per heavy atom. The first-order valence-corrected chi connectivity index (χ1v) is 8.87. The molecule has 2 amide bonds. The lowest BCUT2D eigenvalue weighted by Gasteiger charge is -2.33. The lowest BCUT2D eigenvalue weighted by molar-refractivity contribution is -0.142. The molecule has 1 unspecified atom stereocenters. The summed E-state index contributed by atoms with van der Waals surface area (Å²) in [6.07, 6.45) is 3.62. The minimum absolute atomic E-state index is 0.0581. The molecule has 5 nitrogen and oxygen atoms in total. The molecule has 24 heavy (non-hydrogen) atoms. The van der Waals surface area contributed by atoms with Crippen LogP contribution in [0.5, 0.6) is 0 Å². The molecule has 2 heterocycles. The molecule has 3 rings (SSSR count). The first-order valence-electron chi connectivity index (χ1n) is 8.87. The van der Waals surface area contributed by atoms with E-state index in [0.29, 0.717) is 26.1 Å². The van der Waals surface area contributed by atoms with Crippen molar-refractivity contribution in [2.75, 3.05) is 19.7 Å². The Morgan fingerprint density at radius 2 is 1.88 bits per heavy atom. The van der Waals surface area contributed by atoms with E-state index in [1.54, 1.807) is 0 Å². The Morgan fingerprint density at radius 3 is 2.50 bits per heavy atom.